The first-order valence-corrected chi connectivity index (χ1v) is 7.78. The van der Waals surface area contributed by atoms with Crippen molar-refractivity contribution in [3.8, 4) is 5.75 Å². The van der Waals surface area contributed by atoms with E-state index in [-0.39, 0.29) is 22.4 Å². The summed E-state index contributed by atoms with van der Waals surface area (Å²) in [5, 5.41) is 14.6. The number of rotatable bonds is 6. The molecule has 0 aliphatic heterocycles. The number of nitrogens with one attached hydrogen (secondary N) is 1. The van der Waals surface area contributed by atoms with Crippen LogP contribution in [0.15, 0.2) is 47.6 Å². The lowest BCUT2D eigenvalue weighted by molar-refractivity contribution is -0.384. The summed E-state index contributed by atoms with van der Waals surface area (Å²) < 4.78 is 5.53. The predicted octanol–water partition coefficient (Wildman–Crippen LogP) is 3.80. The number of hydrazone groups is 1. The fourth-order valence-corrected chi connectivity index (χ4v) is 2.11. The number of carbonyl (C=O) groups is 1. The topological polar surface area (TPSA) is 93.8 Å². The number of hydrogen-bond acceptors (Lipinski definition) is 5. The number of ether oxygens (including phenoxy) is 1. The van der Waals surface area contributed by atoms with Gasteiger partial charge < -0.3 is 4.74 Å². The molecule has 1 N–H and O–H groups in total. The summed E-state index contributed by atoms with van der Waals surface area (Å²) in [4.78, 5) is 22.2. The maximum Gasteiger partial charge on any atom is 0.288 e. The molecule has 2 aromatic rings. The number of nitro groups is 1. The Labute approximate surface area is 149 Å². The van der Waals surface area contributed by atoms with Crippen molar-refractivity contribution < 1.29 is 14.5 Å². The summed E-state index contributed by atoms with van der Waals surface area (Å²) in [7, 11) is 0. The lowest BCUT2D eigenvalue weighted by Gasteiger charge is -2.09. The largest absolute Gasteiger partial charge is 0.491 e. The fraction of sp³-hybridized carbons (Fsp3) is 0.176. The zero-order valence-corrected chi connectivity index (χ0v) is 14.4. The quantitative estimate of drug-likeness (QED) is 0.481. The second-order valence-corrected chi connectivity index (χ2v) is 5.77. The van der Waals surface area contributed by atoms with Crippen molar-refractivity contribution in [3.05, 3.63) is 68.7 Å². The fourth-order valence-electron chi connectivity index (χ4n) is 1.93. The Balaban J connectivity index is 2.01. The number of amides is 1. The Morgan fingerprint density at radius 1 is 1.28 bits per heavy atom. The summed E-state index contributed by atoms with van der Waals surface area (Å²) in [6.45, 7) is 3.87. The van der Waals surface area contributed by atoms with Crippen LogP contribution in [-0.4, -0.2) is 23.1 Å². The monoisotopic (exact) mass is 361 g/mol. The van der Waals surface area contributed by atoms with Crippen molar-refractivity contribution in [2.75, 3.05) is 0 Å². The zero-order valence-electron chi connectivity index (χ0n) is 13.6. The molecule has 0 saturated carbocycles. The van der Waals surface area contributed by atoms with Gasteiger partial charge >= 0.3 is 0 Å². The van der Waals surface area contributed by atoms with E-state index < -0.39 is 10.8 Å². The summed E-state index contributed by atoms with van der Waals surface area (Å²) in [5.41, 5.74) is 2.83. The minimum Gasteiger partial charge on any atom is -0.491 e. The number of nitrogens with zero attached hydrogens (tertiary/aromatic N) is 2. The molecule has 1 amide bonds. The van der Waals surface area contributed by atoms with Gasteiger partial charge in [0.15, 0.2) is 0 Å². The minimum absolute atomic E-state index is 0.0336. The Morgan fingerprint density at radius 2 is 1.96 bits per heavy atom. The van der Waals surface area contributed by atoms with Crippen LogP contribution in [0.1, 0.15) is 29.8 Å². The molecule has 7 nitrogen and oxygen atoms in total. The van der Waals surface area contributed by atoms with E-state index in [4.69, 9.17) is 16.3 Å². The van der Waals surface area contributed by atoms with Crippen LogP contribution in [0.3, 0.4) is 0 Å². The van der Waals surface area contributed by atoms with E-state index in [1.54, 1.807) is 24.3 Å². The molecule has 0 saturated heterocycles. The smallest absolute Gasteiger partial charge is 0.288 e. The second kappa shape index (κ2) is 8.25. The third-order valence-electron chi connectivity index (χ3n) is 3.04. The molecule has 0 heterocycles. The number of nitro benzene ring substituents is 1. The third kappa shape index (κ3) is 5.29. The van der Waals surface area contributed by atoms with Gasteiger partial charge in [-0.05, 0) is 55.8 Å². The summed E-state index contributed by atoms with van der Waals surface area (Å²) in [6.07, 6.45) is 1.55. The highest BCUT2D eigenvalue weighted by Crippen LogP contribution is 2.24. The molecule has 0 fully saturated rings. The lowest BCUT2D eigenvalue weighted by atomic mass is 10.2. The van der Waals surface area contributed by atoms with Crippen molar-refractivity contribution in [1.29, 1.82) is 0 Å². The molecule has 2 rings (SSSR count). The minimum atomic E-state index is -0.650. The highest BCUT2D eigenvalue weighted by atomic mass is 35.5. The van der Waals surface area contributed by atoms with Crippen LogP contribution >= 0.6 is 11.6 Å². The van der Waals surface area contributed by atoms with Gasteiger partial charge in [-0.15, -0.1) is 0 Å². The summed E-state index contributed by atoms with van der Waals surface area (Å²) in [5.74, 6) is 0.167. The van der Waals surface area contributed by atoms with Crippen molar-refractivity contribution in [2.24, 2.45) is 5.10 Å². The van der Waals surface area contributed by atoms with Gasteiger partial charge in [0.25, 0.3) is 11.6 Å². The molecular formula is C17H16ClN3O4. The molecule has 8 heteroatoms. The standard InChI is InChI=1S/C17H16ClN3O4/c1-11(2)25-14-6-3-12(4-7-14)10-19-20-17(22)13-5-8-15(18)16(9-13)21(23)24/h3-11H,1-2H3,(H,20,22)/b19-10-. The van der Waals surface area contributed by atoms with Crippen molar-refractivity contribution in [3.63, 3.8) is 0 Å². The van der Waals surface area contributed by atoms with E-state index >= 15 is 0 Å². The van der Waals surface area contributed by atoms with Crippen molar-refractivity contribution in [2.45, 2.75) is 20.0 Å². The van der Waals surface area contributed by atoms with Crippen LogP contribution in [0.25, 0.3) is 0 Å². The van der Waals surface area contributed by atoms with Crippen molar-refractivity contribution >= 4 is 29.4 Å². The Morgan fingerprint density at radius 3 is 2.56 bits per heavy atom. The number of hydrogen-bond donors (Lipinski definition) is 1. The predicted molar refractivity (Wildman–Crippen MR) is 95.4 cm³/mol. The molecular weight excluding hydrogens is 346 g/mol. The van der Waals surface area contributed by atoms with Gasteiger partial charge in [0.05, 0.1) is 17.2 Å². The molecule has 0 unspecified atom stereocenters. The molecule has 0 bridgehead atoms. The van der Waals surface area contributed by atoms with Gasteiger partial charge in [0.2, 0.25) is 0 Å². The molecule has 130 valence electrons. The first-order valence-electron chi connectivity index (χ1n) is 7.41. The van der Waals surface area contributed by atoms with Gasteiger partial charge in [0, 0.05) is 11.6 Å². The number of halogens is 1. The Kier molecular flexibility index (Phi) is 6.08. The lowest BCUT2D eigenvalue weighted by Crippen LogP contribution is -2.17. The van der Waals surface area contributed by atoms with Crippen LogP contribution in [-0.2, 0) is 0 Å². The molecule has 0 aliphatic carbocycles. The molecule has 0 radical (unpaired) electrons. The van der Waals surface area contributed by atoms with E-state index in [0.29, 0.717) is 0 Å². The average molecular weight is 362 g/mol. The molecule has 0 aromatic heterocycles. The zero-order chi connectivity index (χ0) is 18.4. The van der Waals surface area contributed by atoms with Crippen LogP contribution < -0.4 is 10.2 Å². The van der Waals surface area contributed by atoms with E-state index in [0.717, 1.165) is 17.4 Å². The third-order valence-corrected chi connectivity index (χ3v) is 3.36. The highest BCUT2D eigenvalue weighted by Gasteiger charge is 2.15. The van der Waals surface area contributed by atoms with E-state index in [2.05, 4.69) is 10.5 Å². The average Bonchev–Trinajstić information content (AvgIpc) is 2.56. The van der Waals surface area contributed by atoms with E-state index in [9.17, 15) is 14.9 Å². The van der Waals surface area contributed by atoms with Crippen LogP contribution in [0.5, 0.6) is 5.75 Å². The first-order chi connectivity index (χ1) is 11.9. The van der Waals surface area contributed by atoms with Gasteiger partial charge in [-0.2, -0.15) is 5.10 Å². The van der Waals surface area contributed by atoms with Crippen molar-refractivity contribution in [1.82, 2.24) is 5.43 Å². The van der Waals surface area contributed by atoms with Gasteiger partial charge in [-0.3, -0.25) is 14.9 Å². The molecule has 0 spiro atoms. The molecule has 0 aliphatic rings. The maximum atomic E-state index is 12.0. The second-order valence-electron chi connectivity index (χ2n) is 5.36. The SMILES string of the molecule is CC(C)Oc1ccc(/C=N\NC(=O)c2ccc(Cl)c([N+](=O)[O-])c2)cc1. The van der Waals surface area contributed by atoms with E-state index in [1.807, 2.05) is 13.8 Å². The number of benzene rings is 2. The molecule has 25 heavy (non-hydrogen) atoms. The highest BCUT2D eigenvalue weighted by molar-refractivity contribution is 6.32. The maximum absolute atomic E-state index is 12.0. The van der Waals surface area contributed by atoms with Gasteiger partial charge in [-0.1, -0.05) is 11.6 Å². The first kappa shape index (κ1) is 18.4. The normalized spacial score (nSPS) is 10.9. The molecule has 2 aromatic carbocycles. The summed E-state index contributed by atoms with van der Waals surface area (Å²) >= 11 is 5.71. The van der Waals surface area contributed by atoms with Gasteiger partial charge in [-0.25, -0.2) is 5.43 Å². The molecule has 0 atom stereocenters. The van der Waals surface area contributed by atoms with Gasteiger partial charge in [0.1, 0.15) is 10.8 Å². The Hall–Kier alpha value is -2.93. The van der Waals surface area contributed by atoms with Crippen LogP contribution in [0.4, 0.5) is 5.69 Å². The van der Waals surface area contributed by atoms with Crippen LogP contribution in [0, 0.1) is 10.1 Å². The summed E-state index contributed by atoms with van der Waals surface area (Å²) in [6, 6.07) is 11.0. The number of carbonyl (C=O) groups excluding carboxylic acids is 1. The van der Waals surface area contributed by atoms with Crippen LogP contribution in [0.2, 0.25) is 5.02 Å². The van der Waals surface area contributed by atoms with E-state index in [1.165, 1.54) is 18.3 Å². The Bertz CT molecular complexity index is 804.